The van der Waals surface area contributed by atoms with Crippen LogP contribution < -0.4 is 10.6 Å². The van der Waals surface area contributed by atoms with Crippen LogP contribution in [0.25, 0.3) is 0 Å². The lowest BCUT2D eigenvalue weighted by Crippen LogP contribution is -2.11. The van der Waals surface area contributed by atoms with E-state index in [1.807, 2.05) is 25.1 Å². The molecule has 0 atom stereocenters. The average molecular weight is 376 g/mol. The Morgan fingerprint density at radius 2 is 1.94 bits per heavy atom. The molecular weight excluding hydrogens is 364 g/mol. The Morgan fingerprint density at radius 3 is 2.61 bits per heavy atom. The summed E-state index contributed by atoms with van der Waals surface area (Å²) in [6.45, 7) is 3.46. The molecular formula is C11H12Br2N4O. The van der Waals surface area contributed by atoms with Crippen molar-refractivity contribution in [3.05, 3.63) is 33.0 Å². The minimum absolute atomic E-state index is 0.371. The zero-order chi connectivity index (χ0) is 13.0. The van der Waals surface area contributed by atoms with Gasteiger partial charge < -0.3 is 15.1 Å². The van der Waals surface area contributed by atoms with Gasteiger partial charge in [0.25, 0.3) is 0 Å². The van der Waals surface area contributed by atoms with Gasteiger partial charge in [0.05, 0.1) is 12.2 Å². The normalized spacial score (nSPS) is 10.6. The summed E-state index contributed by atoms with van der Waals surface area (Å²) < 4.78 is 7.30. The minimum atomic E-state index is 0.371. The first-order valence-electron chi connectivity index (χ1n) is 5.45. The Hall–Kier alpha value is -0.920. The van der Waals surface area contributed by atoms with Gasteiger partial charge in [0.1, 0.15) is 0 Å². The van der Waals surface area contributed by atoms with Gasteiger partial charge in [-0.15, -0.1) is 5.10 Å². The van der Waals surface area contributed by atoms with Crippen LogP contribution in [0, 0.1) is 0 Å². The number of nitrogens with zero attached hydrogens (tertiary/aromatic N) is 2. The number of para-hydroxylation sites is 1. The molecule has 0 saturated carbocycles. The average Bonchev–Trinajstić information content (AvgIpc) is 2.79. The van der Waals surface area contributed by atoms with E-state index in [9.17, 15) is 0 Å². The van der Waals surface area contributed by atoms with Gasteiger partial charge in [-0.05, 0) is 50.5 Å². The fourth-order valence-electron chi connectivity index (χ4n) is 1.33. The number of anilines is 2. The second kappa shape index (κ2) is 6.31. The second-order valence-electron chi connectivity index (χ2n) is 3.50. The third-order valence-electron chi connectivity index (χ3n) is 2.19. The Balaban J connectivity index is 2.11. The number of hydrogen-bond acceptors (Lipinski definition) is 5. The molecule has 5 nitrogen and oxygen atoms in total. The lowest BCUT2D eigenvalue weighted by atomic mass is 10.3. The molecule has 1 heterocycles. The Morgan fingerprint density at radius 1 is 1.22 bits per heavy atom. The van der Waals surface area contributed by atoms with Crippen LogP contribution in [-0.4, -0.2) is 16.7 Å². The van der Waals surface area contributed by atoms with Crippen molar-refractivity contribution in [2.24, 2.45) is 0 Å². The van der Waals surface area contributed by atoms with Crippen molar-refractivity contribution in [3.63, 3.8) is 0 Å². The fourth-order valence-corrected chi connectivity index (χ4v) is 2.53. The van der Waals surface area contributed by atoms with Crippen LogP contribution in [0.2, 0.25) is 0 Å². The fraction of sp³-hybridized carbons (Fsp3) is 0.273. The standard InChI is InChI=1S/C11H12Br2N4O/c1-2-14-6-9-16-17-11(18-9)15-10-7(12)4-3-5-8(10)13/h3-5,14H,2,6H2,1H3,(H,15,17). The topological polar surface area (TPSA) is 63.0 Å². The van der Waals surface area contributed by atoms with Gasteiger partial charge >= 0.3 is 6.01 Å². The van der Waals surface area contributed by atoms with Crippen molar-refractivity contribution >= 4 is 43.6 Å². The van der Waals surface area contributed by atoms with Crippen molar-refractivity contribution in [1.82, 2.24) is 15.5 Å². The molecule has 1 aromatic carbocycles. The van der Waals surface area contributed by atoms with Crippen LogP contribution >= 0.6 is 31.9 Å². The van der Waals surface area contributed by atoms with Crippen LogP contribution in [0.5, 0.6) is 0 Å². The summed E-state index contributed by atoms with van der Waals surface area (Å²) in [5, 5.41) is 14.1. The minimum Gasteiger partial charge on any atom is -0.406 e. The van der Waals surface area contributed by atoms with Crippen molar-refractivity contribution in [3.8, 4) is 0 Å². The molecule has 0 unspecified atom stereocenters. The molecule has 0 aliphatic rings. The van der Waals surface area contributed by atoms with E-state index in [0.717, 1.165) is 21.2 Å². The lowest BCUT2D eigenvalue weighted by molar-refractivity contribution is 0.484. The van der Waals surface area contributed by atoms with Crippen LogP contribution in [-0.2, 0) is 6.54 Å². The summed E-state index contributed by atoms with van der Waals surface area (Å²) >= 11 is 6.92. The number of nitrogens with one attached hydrogen (secondary N) is 2. The smallest absolute Gasteiger partial charge is 0.320 e. The number of halogens is 2. The molecule has 0 saturated heterocycles. The maximum absolute atomic E-state index is 5.46. The summed E-state index contributed by atoms with van der Waals surface area (Å²) in [5.41, 5.74) is 0.858. The Kier molecular flexibility index (Phi) is 4.73. The molecule has 18 heavy (non-hydrogen) atoms. The first kappa shape index (κ1) is 13.5. The number of rotatable bonds is 5. The predicted molar refractivity (Wildman–Crippen MR) is 76.8 cm³/mol. The molecule has 0 aliphatic carbocycles. The van der Waals surface area contributed by atoms with Gasteiger partial charge in [-0.2, -0.15) is 0 Å². The van der Waals surface area contributed by atoms with Gasteiger partial charge in [0, 0.05) is 8.95 Å². The SMILES string of the molecule is CCNCc1nnc(Nc2c(Br)cccc2Br)o1. The monoisotopic (exact) mass is 374 g/mol. The number of hydrogen-bond donors (Lipinski definition) is 2. The van der Waals surface area contributed by atoms with Crippen LogP contribution in [0.3, 0.4) is 0 Å². The molecule has 2 rings (SSSR count). The van der Waals surface area contributed by atoms with Crippen molar-refractivity contribution < 1.29 is 4.42 Å². The van der Waals surface area contributed by atoms with E-state index in [4.69, 9.17) is 4.42 Å². The first-order chi connectivity index (χ1) is 8.70. The quantitative estimate of drug-likeness (QED) is 0.837. The Labute approximate surface area is 122 Å². The van der Waals surface area contributed by atoms with Crippen molar-refractivity contribution in [2.75, 3.05) is 11.9 Å². The van der Waals surface area contributed by atoms with Crippen LogP contribution in [0.1, 0.15) is 12.8 Å². The van der Waals surface area contributed by atoms with Crippen molar-refractivity contribution in [2.45, 2.75) is 13.5 Å². The molecule has 0 fully saturated rings. The zero-order valence-corrected chi connectivity index (χ0v) is 12.9. The predicted octanol–water partition coefficient (Wildman–Crippen LogP) is 3.45. The molecule has 7 heteroatoms. The molecule has 96 valence electrons. The highest BCUT2D eigenvalue weighted by Crippen LogP contribution is 2.32. The first-order valence-corrected chi connectivity index (χ1v) is 7.03. The molecule has 2 N–H and O–H groups in total. The third-order valence-corrected chi connectivity index (χ3v) is 3.51. The van der Waals surface area contributed by atoms with E-state index >= 15 is 0 Å². The van der Waals surface area contributed by atoms with E-state index in [1.54, 1.807) is 0 Å². The lowest BCUT2D eigenvalue weighted by Gasteiger charge is -2.06. The third kappa shape index (κ3) is 3.30. The van der Waals surface area contributed by atoms with E-state index in [-0.39, 0.29) is 0 Å². The van der Waals surface area contributed by atoms with E-state index in [0.29, 0.717) is 18.5 Å². The maximum Gasteiger partial charge on any atom is 0.320 e. The van der Waals surface area contributed by atoms with Gasteiger partial charge in [0.2, 0.25) is 5.89 Å². The molecule has 0 amide bonds. The molecule has 0 spiro atoms. The summed E-state index contributed by atoms with van der Waals surface area (Å²) in [7, 11) is 0. The highest BCUT2D eigenvalue weighted by molar-refractivity contribution is 9.11. The number of aromatic nitrogens is 2. The van der Waals surface area contributed by atoms with Crippen LogP contribution in [0.15, 0.2) is 31.6 Å². The van der Waals surface area contributed by atoms with Crippen LogP contribution in [0.4, 0.5) is 11.7 Å². The second-order valence-corrected chi connectivity index (χ2v) is 5.21. The summed E-state index contributed by atoms with van der Waals surface area (Å²) in [5.74, 6) is 0.558. The molecule has 0 radical (unpaired) electrons. The van der Waals surface area contributed by atoms with Gasteiger partial charge in [-0.1, -0.05) is 18.1 Å². The van der Waals surface area contributed by atoms with E-state index < -0.39 is 0 Å². The summed E-state index contributed by atoms with van der Waals surface area (Å²) in [6, 6.07) is 6.17. The maximum atomic E-state index is 5.46. The number of benzene rings is 1. The highest BCUT2D eigenvalue weighted by Gasteiger charge is 2.09. The molecule has 2 aromatic rings. The molecule has 1 aromatic heterocycles. The zero-order valence-electron chi connectivity index (χ0n) is 9.70. The van der Waals surface area contributed by atoms with E-state index in [2.05, 4.69) is 52.7 Å². The van der Waals surface area contributed by atoms with Gasteiger partial charge in [-0.25, -0.2) is 0 Å². The summed E-state index contributed by atoms with van der Waals surface area (Å²) in [6.07, 6.45) is 0. The largest absolute Gasteiger partial charge is 0.406 e. The van der Waals surface area contributed by atoms with Gasteiger partial charge in [0.15, 0.2) is 0 Å². The Bertz CT molecular complexity index is 509. The summed E-state index contributed by atoms with van der Waals surface area (Å²) in [4.78, 5) is 0. The van der Waals surface area contributed by atoms with Crippen molar-refractivity contribution in [1.29, 1.82) is 0 Å². The van der Waals surface area contributed by atoms with Gasteiger partial charge in [-0.3, -0.25) is 0 Å². The molecule has 0 aliphatic heterocycles. The highest BCUT2D eigenvalue weighted by atomic mass is 79.9. The van der Waals surface area contributed by atoms with E-state index in [1.165, 1.54) is 0 Å². The molecule has 0 bridgehead atoms.